The summed E-state index contributed by atoms with van der Waals surface area (Å²) in [7, 11) is 0. The third-order valence-corrected chi connectivity index (χ3v) is 7.39. The number of aromatic nitrogens is 4. The predicted octanol–water partition coefficient (Wildman–Crippen LogP) is 1.95. The molecule has 2 aliphatic carbocycles. The zero-order valence-corrected chi connectivity index (χ0v) is 18.6. The fourth-order valence-corrected chi connectivity index (χ4v) is 5.27. The molecule has 1 spiro atoms. The fourth-order valence-electron chi connectivity index (χ4n) is 5.27. The minimum absolute atomic E-state index is 0.110. The van der Waals surface area contributed by atoms with E-state index in [1.807, 2.05) is 17.0 Å². The van der Waals surface area contributed by atoms with E-state index in [9.17, 15) is 5.11 Å². The highest BCUT2D eigenvalue weighted by Gasteiger charge is 2.66. The van der Waals surface area contributed by atoms with Gasteiger partial charge in [0, 0.05) is 25.0 Å². The minimum Gasteiger partial charge on any atom is -0.491 e. The molecule has 2 aliphatic heterocycles. The SMILES string of the molecule is C=C/C=C(\C=C\c1nc(N2C[C@H]3O[C@H]4CCC43C2)c2cnn(C3CC3)c2n1)OC[C@@H](O)CN. The van der Waals surface area contributed by atoms with Gasteiger partial charge in [-0.05, 0) is 43.9 Å². The van der Waals surface area contributed by atoms with E-state index in [4.69, 9.17) is 25.2 Å². The highest BCUT2D eigenvalue weighted by Crippen LogP contribution is 2.60. The van der Waals surface area contributed by atoms with E-state index in [2.05, 4.69) is 16.6 Å². The summed E-state index contributed by atoms with van der Waals surface area (Å²) in [5, 5.41) is 15.4. The number of nitrogens with two attached hydrogens (primary N) is 1. The van der Waals surface area contributed by atoms with Crippen molar-refractivity contribution in [2.24, 2.45) is 11.1 Å². The predicted molar refractivity (Wildman–Crippen MR) is 124 cm³/mol. The second-order valence-corrected chi connectivity index (χ2v) is 9.57. The lowest BCUT2D eigenvalue weighted by molar-refractivity contribution is -0.279. The summed E-state index contributed by atoms with van der Waals surface area (Å²) < 4.78 is 13.8. The van der Waals surface area contributed by atoms with E-state index in [0.717, 1.165) is 42.8 Å². The minimum atomic E-state index is -0.721. The molecule has 0 radical (unpaired) electrons. The van der Waals surface area contributed by atoms with Crippen LogP contribution in [0.4, 0.5) is 5.82 Å². The molecule has 4 fully saturated rings. The first-order chi connectivity index (χ1) is 16.1. The molecule has 1 unspecified atom stereocenters. The van der Waals surface area contributed by atoms with Crippen LogP contribution in [0.15, 0.2) is 36.8 Å². The summed E-state index contributed by atoms with van der Waals surface area (Å²) in [5.41, 5.74) is 6.67. The van der Waals surface area contributed by atoms with Crippen molar-refractivity contribution in [2.45, 2.75) is 50.0 Å². The standard InChI is InChI=1S/C24H30N6O3/c1-2-3-17(32-13-16(31)10-25)6-7-21-27-22(18-11-26-30(15-4-5-15)23(18)28-21)29-12-20-24(14-29)9-8-19(24)33-20/h2-3,6-7,11,15-16,19-20,31H,1,4-5,8-10,12-14,25H2/b7-6+,17-3+/t16-,19-,20+,24?/m0/s1. The Morgan fingerprint density at radius 2 is 2.24 bits per heavy atom. The largest absolute Gasteiger partial charge is 0.491 e. The van der Waals surface area contributed by atoms with E-state index < -0.39 is 6.10 Å². The molecule has 0 bridgehead atoms. The van der Waals surface area contributed by atoms with E-state index in [-0.39, 0.29) is 13.2 Å². The molecule has 9 nitrogen and oxygen atoms in total. The number of nitrogens with zero attached hydrogens (tertiary/aromatic N) is 5. The third-order valence-electron chi connectivity index (χ3n) is 7.39. The Labute approximate surface area is 192 Å². The van der Waals surface area contributed by atoms with Crippen molar-refractivity contribution >= 4 is 22.9 Å². The summed E-state index contributed by atoms with van der Waals surface area (Å²) in [6.45, 7) is 5.83. The maximum absolute atomic E-state index is 9.72. The second kappa shape index (κ2) is 7.93. The van der Waals surface area contributed by atoms with Gasteiger partial charge in [-0.1, -0.05) is 12.7 Å². The van der Waals surface area contributed by atoms with Crippen LogP contribution in [0.25, 0.3) is 17.1 Å². The third kappa shape index (κ3) is 3.46. The number of aliphatic hydroxyl groups is 1. The summed E-state index contributed by atoms with van der Waals surface area (Å²) in [5.74, 6) is 2.08. The van der Waals surface area contributed by atoms with Gasteiger partial charge in [-0.15, -0.1) is 0 Å². The number of aliphatic hydroxyl groups excluding tert-OH is 1. The number of rotatable bonds is 9. The van der Waals surface area contributed by atoms with Gasteiger partial charge in [0.05, 0.1) is 29.8 Å². The highest BCUT2D eigenvalue weighted by molar-refractivity contribution is 5.88. The van der Waals surface area contributed by atoms with Crippen LogP contribution in [0.1, 0.15) is 37.5 Å². The quantitative estimate of drug-likeness (QED) is 0.440. The van der Waals surface area contributed by atoms with Gasteiger partial charge in [0.1, 0.15) is 24.3 Å². The van der Waals surface area contributed by atoms with Gasteiger partial charge >= 0.3 is 0 Å². The Morgan fingerprint density at radius 1 is 1.36 bits per heavy atom. The van der Waals surface area contributed by atoms with Crippen LogP contribution < -0.4 is 10.6 Å². The van der Waals surface area contributed by atoms with Crippen LogP contribution in [0.3, 0.4) is 0 Å². The van der Waals surface area contributed by atoms with Crippen molar-refractivity contribution < 1.29 is 14.6 Å². The maximum Gasteiger partial charge on any atom is 0.164 e. The fraction of sp³-hybridized carbons (Fsp3) is 0.542. The zero-order chi connectivity index (χ0) is 22.6. The number of allylic oxidation sites excluding steroid dienone is 3. The lowest BCUT2D eigenvalue weighted by atomic mass is 9.60. The lowest BCUT2D eigenvalue weighted by Gasteiger charge is -2.59. The Balaban J connectivity index is 1.32. The molecule has 4 aliphatic rings. The van der Waals surface area contributed by atoms with E-state index >= 15 is 0 Å². The van der Waals surface area contributed by atoms with Crippen LogP contribution in [0.2, 0.25) is 0 Å². The van der Waals surface area contributed by atoms with Crippen LogP contribution >= 0.6 is 0 Å². The Hall–Kier alpha value is -2.75. The molecular weight excluding hydrogens is 420 g/mol. The van der Waals surface area contributed by atoms with Crippen molar-refractivity contribution in [1.29, 1.82) is 0 Å². The molecule has 2 aromatic heterocycles. The van der Waals surface area contributed by atoms with Crippen molar-refractivity contribution in [3.8, 4) is 0 Å². The molecule has 3 N–H and O–H groups in total. The van der Waals surface area contributed by atoms with Gasteiger partial charge in [-0.25, -0.2) is 14.6 Å². The topological polar surface area (TPSA) is 112 Å². The van der Waals surface area contributed by atoms with E-state index in [1.54, 1.807) is 18.2 Å². The smallest absolute Gasteiger partial charge is 0.164 e. The average Bonchev–Trinajstić information content (AvgIpc) is 3.47. The monoisotopic (exact) mass is 450 g/mol. The maximum atomic E-state index is 9.72. The molecule has 2 aromatic rings. The Kier molecular flexibility index (Phi) is 5.01. The molecule has 0 amide bonds. The summed E-state index contributed by atoms with van der Waals surface area (Å²) >= 11 is 0. The average molecular weight is 451 g/mol. The second-order valence-electron chi connectivity index (χ2n) is 9.57. The molecule has 2 saturated carbocycles. The number of ether oxygens (including phenoxy) is 2. The summed E-state index contributed by atoms with van der Waals surface area (Å²) in [4.78, 5) is 12.1. The zero-order valence-electron chi connectivity index (χ0n) is 18.6. The first kappa shape index (κ1) is 20.8. The molecule has 4 heterocycles. The van der Waals surface area contributed by atoms with Gasteiger partial charge in [0.2, 0.25) is 0 Å². The van der Waals surface area contributed by atoms with Crippen molar-refractivity contribution in [3.05, 3.63) is 42.6 Å². The number of anilines is 1. The lowest BCUT2D eigenvalue weighted by Crippen LogP contribution is -2.65. The Morgan fingerprint density at radius 3 is 2.91 bits per heavy atom. The molecule has 33 heavy (non-hydrogen) atoms. The molecule has 2 saturated heterocycles. The first-order valence-corrected chi connectivity index (χ1v) is 11.8. The van der Waals surface area contributed by atoms with E-state index in [0.29, 0.717) is 35.2 Å². The van der Waals surface area contributed by atoms with Crippen LogP contribution in [0.5, 0.6) is 0 Å². The Bertz CT molecular complexity index is 1140. The van der Waals surface area contributed by atoms with Gasteiger partial charge < -0.3 is 25.2 Å². The van der Waals surface area contributed by atoms with Gasteiger partial charge in [-0.2, -0.15) is 5.10 Å². The first-order valence-electron chi connectivity index (χ1n) is 11.8. The summed E-state index contributed by atoms with van der Waals surface area (Å²) in [6.07, 6.45) is 13.6. The van der Waals surface area contributed by atoms with Crippen molar-refractivity contribution in [1.82, 2.24) is 19.7 Å². The van der Waals surface area contributed by atoms with Crippen LogP contribution in [0, 0.1) is 5.41 Å². The highest BCUT2D eigenvalue weighted by atomic mass is 16.5. The number of hydrogen-bond donors (Lipinski definition) is 2. The van der Waals surface area contributed by atoms with E-state index in [1.165, 1.54) is 12.8 Å². The molecule has 0 aromatic carbocycles. The van der Waals surface area contributed by atoms with Gasteiger partial charge in [0.25, 0.3) is 0 Å². The molecule has 174 valence electrons. The van der Waals surface area contributed by atoms with Gasteiger partial charge in [-0.3, -0.25) is 0 Å². The van der Waals surface area contributed by atoms with Crippen molar-refractivity contribution in [2.75, 3.05) is 31.1 Å². The molecule has 9 heteroatoms. The van der Waals surface area contributed by atoms with Gasteiger partial charge in [0.15, 0.2) is 11.5 Å². The summed E-state index contributed by atoms with van der Waals surface area (Å²) in [6, 6.07) is 0.423. The molecule has 4 atom stereocenters. The number of hydrogen-bond acceptors (Lipinski definition) is 8. The number of fused-ring (bicyclic) bond motifs is 1. The van der Waals surface area contributed by atoms with Crippen molar-refractivity contribution in [3.63, 3.8) is 0 Å². The molecular formula is C24H30N6O3. The van der Waals surface area contributed by atoms with Crippen LogP contribution in [-0.4, -0.2) is 69.4 Å². The molecule has 6 rings (SSSR count). The normalized spacial score (nSPS) is 29.5. The van der Waals surface area contributed by atoms with Crippen LogP contribution in [-0.2, 0) is 9.47 Å².